The van der Waals surface area contributed by atoms with Crippen molar-refractivity contribution in [2.45, 2.75) is 0 Å². The second kappa shape index (κ2) is 8.09. The number of aromatic nitrogens is 2. The Balaban J connectivity index is 1.34. The smallest absolute Gasteiger partial charge is 0.289 e. The fraction of sp³-hybridized carbons (Fsp3) is 0.200. The van der Waals surface area contributed by atoms with Gasteiger partial charge in [0.25, 0.3) is 11.8 Å². The molecule has 4 rings (SSSR count). The molecule has 148 valence electrons. The Labute approximate surface area is 166 Å². The number of carbonyl (C=O) groups is 2. The highest BCUT2D eigenvalue weighted by atomic mass is 19.1. The summed E-state index contributed by atoms with van der Waals surface area (Å²) in [5, 5.41) is 2.93. The van der Waals surface area contributed by atoms with Gasteiger partial charge in [0.15, 0.2) is 5.76 Å². The summed E-state index contributed by atoms with van der Waals surface area (Å²) in [6.07, 6.45) is 4.26. The van der Waals surface area contributed by atoms with E-state index in [1.807, 2.05) is 0 Å². The predicted molar refractivity (Wildman–Crippen MR) is 102 cm³/mol. The largest absolute Gasteiger partial charge is 0.459 e. The maximum atomic E-state index is 13.2. The lowest BCUT2D eigenvalue weighted by Crippen LogP contribution is -2.50. The number of nitrogens with zero attached hydrogens (tertiary/aromatic N) is 4. The molecule has 0 unspecified atom stereocenters. The number of anilines is 2. The Kier molecular flexibility index (Phi) is 5.19. The summed E-state index contributed by atoms with van der Waals surface area (Å²) in [5.74, 6) is -0.105. The third-order valence-corrected chi connectivity index (χ3v) is 4.55. The average Bonchev–Trinajstić information content (AvgIpc) is 3.28. The zero-order valence-corrected chi connectivity index (χ0v) is 15.4. The van der Waals surface area contributed by atoms with Gasteiger partial charge in [0.1, 0.15) is 17.3 Å². The van der Waals surface area contributed by atoms with E-state index in [9.17, 15) is 14.0 Å². The van der Waals surface area contributed by atoms with Gasteiger partial charge in [0.2, 0.25) is 0 Å². The maximum Gasteiger partial charge on any atom is 0.289 e. The number of hydrogen-bond donors (Lipinski definition) is 1. The molecular formula is C20H18FN5O3. The van der Waals surface area contributed by atoms with E-state index in [4.69, 9.17) is 4.42 Å². The van der Waals surface area contributed by atoms with Crippen LogP contribution in [0.4, 0.5) is 15.9 Å². The average molecular weight is 395 g/mol. The van der Waals surface area contributed by atoms with Crippen molar-refractivity contribution in [3.05, 3.63) is 72.3 Å². The van der Waals surface area contributed by atoms with E-state index in [-0.39, 0.29) is 29.1 Å². The quantitative estimate of drug-likeness (QED) is 0.730. The normalized spacial score (nSPS) is 14.0. The molecule has 0 aliphatic carbocycles. The second-order valence-electron chi connectivity index (χ2n) is 6.48. The Morgan fingerprint density at radius 2 is 1.72 bits per heavy atom. The van der Waals surface area contributed by atoms with Crippen molar-refractivity contribution in [1.29, 1.82) is 0 Å². The summed E-state index contributed by atoms with van der Waals surface area (Å²) in [6, 6.07) is 9.25. The number of halogens is 1. The van der Waals surface area contributed by atoms with Crippen LogP contribution in [-0.2, 0) is 0 Å². The van der Waals surface area contributed by atoms with Crippen LogP contribution in [0.3, 0.4) is 0 Å². The maximum absolute atomic E-state index is 13.2. The van der Waals surface area contributed by atoms with Crippen LogP contribution < -0.4 is 5.32 Å². The first-order chi connectivity index (χ1) is 14.1. The summed E-state index contributed by atoms with van der Waals surface area (Å²) >= 11 is 0. The first kappa shape index (κ1) is 18.6. The van der Waals surface area contributed by atoms with Crippen LogP contribution in [0.2, 0.25) is 0 Å². The highest BCUT2D eigenvalue weighted by molar-refractivity contribution is 5.93. The van der Waals surface area contributed by atoms with Crippen molar-refractivity contribution in [3.8, 4) is 0 Å². The zero-order chi connectivity index (χ0) is 20.2. The van der Waals surface area contributed by atoms with Crippen LogP contribution in [0.5, 0.6) is 0 Å². The molecule has 2 aromatic heterocycles. The molecule has 29 heavy (non-hydrogen) atoms. The van der Waals surface area contributed by atoms with Gasteiger partial charge in [-0.15, -0.1) is 0 Å². The topological polar surface area (TPSA) is 91.6 Å². The van der Waals surface area contributed by atoms with E-state index in [2.05, 4.69) is 15.3 Å². The predicted octanol–water partition coefficient (Wildman–Crippen LogP) is 2.55. The zero-order valence-electron chi connectivity index (χ0n) is 15.4. The van der Waals surface area contributed by atoms with Gasteiger partial charge in [0, 0.05) is 31.9 Å². The van der Waals surface area contributed by atoms with E-state index < -0.39 is 0 Å². The minimum atomic E-state index is -0.362. The third kappa shape index (κ3) is 4.23. The van der Waals surface area contributed by atoms with Crippen LogP contribution in [0, 0.1) is 5.82 Å². The minimum absolute atomic E-state index is 0.185. The lowest BCUT2D eigenvalue weighted by atomic mass is 10.2. The van der Waals surface area contributed by atoms with Crippen molar-refractivity contribution in [1.82, 2.24) is 19.8 Å². The van der Waals surface area contributed by atoms with Gasteiger partial charge in [-0.05, 0) is 30.3 Å². The molecule has 1 N–H and O–H groups in total. The van der Waals surface area contributed by atoms with Crippen LogP contribution in [0.25, 0.3) is 0 Å². The molecule has 1 fully saturated rings. The van der Waals surface area contributed by atoms with Crippen LogP contribution >= 0.6 is 0 Å². The van der Waals surface area contributed by atoms with E-state index in [1.54, 1.807) is 34.1 Å². The van der Waals surface area contributed by atoms with Gasteiger partial charge < -0.3 is 19.5 Å². The molecule has 0 bridgehead atoms. The number of hydrogen-bond acceptors (Lipinski definition) is 6. The van der Waals surface area contributed by atoms with Crippen LogP contribution in [0.15, 0.2) is 59.5 Å². The Bertz CT molecular complexity index is 999. The fourth-order valence-corrected chi connectivity index (χ4v) is 3.05. The highest BCUT2D eigenvalue weighted by Gasteiger charge is 2.27. The minimum Gasteiger partial charge on any atom is -0.459 e. The van der Waals surface area contributed by atoms with E-state index in [0.29, 0.717) is 37.7 Å². The molecule has 3 heterocycles. The Morgan fingerprint density at radius 1 is 0.966 bits per heavy atom. The lowest BCUT2D eigenvalue weighted by molar-refractivity contribution is 0.0515. The highest BCUT2D eigenvalue weighted by Crippen LogP contribution is 2.16. The monoisotopic (exact) mass is 395 g/mol. The summed E-state index contributed by atoms with van der Waals surface area (Å²) in [4.78, 5) is 36.6. The number of furan rings is 1. The summed E-state index contributed by atoms with van der Waals surface area (Å²) < 4.78 is 18.4. The molecule has 3 aromatic rings. The first-order valence-electron chi connectivity index (χ1n) is 9.07. The van der Waals surface area contributed by atoms with Crippen molar-refractivity contribution >= 4 is 23.3 Å². The van der Waals surface area contributed by atoms with Crippen LogP contribution in [-0.4, -0.2) is 57.8 Å². The SMILES string of the molecule is O=C(c1cnc(Nc2cccc(F)c2)cn1)N1CCN(C(=O)c2ccco2)CC1. The molecule has 9 heteroatoms. The molecule has 1 aromatic carbocycles. The molecule has 1 aliphatic heterocycles. The van der Waals surface area contributed by atoms with Gasteiger partial charge in [-0.25, -0.2) is 14.4 Å². The summed E-state index contributed by atoms with van der Waals surface area (Å²) in [7, 11) is 0. The Hall–Kier alpha value is -3.75. The van der Waals surface area contributed by atoms with Gasteiger partial charge in [-0.2, -0.15) is 0 Å². The van der Waals surface area contributed by atoms with Crippen molar-refractivity contribution in [2.75, 3.05) is 31.5 Å². The van der Waals surface area contributed by atoms with Crippen molar-refractivity contribution < 1.29 is 18.4 Å². The number of rotatable bonds is 4. The molecule has 0 atom stereocenters. The molecule has 0 radical (unpaired) electrons. The number of piperazine rings is 1. The fourth-order valence-electron chi connectivity index (χ4n) is 3.05. The lowest BCUT2D eigenvalue weighted by Gasteiger charge is -2.34. The molecule has 1 saturated heterocycles. The standard InChI is InChI=1S/C20H18FN5O3/c21-14-3-1-4-15(11-14)24-18-13-22-16(12-23-18)19(27)25-6-8-26(9-7-25)20(28)17-5-2-10-29-17/h1-5,10-13H,6-9H2,(H,23,24). The Morgan fingerprint density at radius 3 is 2.34 bits per heavy atom. The van der Waals surface area contributed by atoms with E-state index in [0.717, 1.165) is 0 Å². The second-order valence-corrected chi connectivity index (χ2v) is 6.48. The molecule has 2 amide bonds. The molecular weight excluding hydrogens is 377 g/mol. The number of nitrogens with one attached hydrogen (secondary N) is 1. The molecule has 8 nitrogen and oxygen atoms in total. The van der Waals surface area contributed by atoms with Gasteiger partial charge in [-0.1, -0.05) is 6.07 Å². The number of carbonyl (C=O) groups excluding carboxylic acids is 2. The summed E-state index contributed by atoms with van der Waals surface area (Å²) in [6.45, 7) is 1.63. The van der Waals surface area contributed by atoms with Crippen LogP contribution in [0.1, 0.15) is 21.0 Å². The molecule has 0 spiro atoms. The van der Waals surface area contributed by atoms with Crippen molar-refractivity contribution in [3.63, 3.8) is 0 Å². The van der Waals surface area contributed by atoms with Gasteiger partial charge >= 0.3 is 0 Å². The number of benzene rings is 1. The van der Waals surface area contributed by atoms with E-state index in [1.165, 1.54) is 30.8 Å². The van der Waals surface area contributed by atoms with Crippen molar-refractivity contribution in [2.24, 2.45) is 0 Å². The third-order valence-electron chi connectivity index (χ3n) is 4.55. The van der Waals surface area contributed by atoms with E-state index >= 15 is 0 Å². The first-order valence-corrected chi connectivity index (χ1v) is 9.07. The number of amides is 2. The molecule has 0 saturated carbocycles. The molecule has 1 aliphatic rings. The summed E-state index contributed by atoms with van der Waals surface area (Å²) in [5.41, 5.74) is 0.747. The van der Waals surface area contributed by atoms with Gasteiger partial charge in [-0.3, -0.25) is 9.59 Å². The van der Waals surface area contributed by atoms with Gasteiger partial charge in [0.05, 0.1) is 18.7 Å².